The molecule has 1 rings (SSSR count). The second-order valence-electron chi connectivity index (χ2n) is 3.44. The lowest BCUT2D eigenvalue weighted by Gasteiger charge is -2.25. The van der Waals surface area contributed by atoms with Crippen LogP contribution < -0.4 is 0 Å². The average molecular weight is 176 g/mol. The van der Waals surface area contributed by atoms with Gasteiger partial charge in [0.25, 0.3) is 0 Å². The first-order valence-corrected chi connectivity index (χ1v) is 4.20. The predicted molar refractivity (Wildman–Crippen MR) is 42.7 cm³/mol. The first kappa shape index (κ1) is 9.92. The highest BCUT2D eigenvalue weighted by atomic mass is 16.6. The zero-order valence-corrected chi connectivity index (χ0v) is 7.40. The number of aliphatic hydroxyl groups is 3. The molecule has 0 spiro atoms. The predicted octanol–water partition coefficient (Wildman–Crippen LogP) is -0.732. The molecule has 1 saturated heterocycles. The third-order valence-corrected chi connectivity index (χ3v) is 2.63. The van der Waals surface area contributed by atoms with Gasteiger partial charge in [-0.25, -0.2) is 0 Å². The van der Waals surface area contributed by atoms with Crippen molar-refractivity contribution in [2.75, 3.05) is 6.61 Å². The topological polar surface area (TPSA) is 69.9 Å². The zero-order valence-electron chi connectivity index (χ0n) is 7.40. The van der Waals surface area contributed by atoms with Crippen LogP contribution in [0.15, 0.2) is 0 Å². The summed E-state index contributed by atoms with van der Waals surface area (Å²) >= 11 is 0. The van der Waals surface area contributed by atoms with Crippen LogP contribution in [0.25, 0.3) is 0 Å². The molecule has 1 aliphatic heterocycles. The lowest BCUT2D eigenvalue weighted by Crippen LogP contribution is -2.40. The van der Waals surface area contributed by atoms with Gasteiger partial charge < -0.3 is 20.1 Å². The standard InChI is InChI=1S/C8H16O4/c1-3-8(2)7(11)6(10)5(4-9)12-8/h5-7,9-11H,3-4H2,1-2H3/t5-,6?,7?,8-/m1/s1. The van der Waals surface area contributed by atoms with Crippen LogP contribution in [0.2, 0.25) is 0 Å². The highest BCUT2D eigenvalue weighted by Gasteiger charge is 2.49. The van der Waals surface area contributed by atoms with E-state index in [1.807, 2.05) is 6.92 Å². The van der Waals surface area contributed by atoms with Gasteiger partial charge in [-0.1, -0.05) is 6.92 Å². The second-order valence-corrected chi connectivity index (χ2v) is 3.44. The number of ether oxygens (including phenoxy) is 1. The minimum absolute atomic E-state index is 0.256. The highest BCUT2D eigenvalue weighted by Crippen LogP contribution is 2.33. The van der Waals surface area contributed by atoms with Crippen molar-refractivity contribution >= 4 is 0 Å². The maximum atomic E-state index is 9.53. The van der Waals surface area contributed by atoms with E-state index in [9.17, 15) is 10.2 Å². The van der Waals surface area contributed by atoms with Gasteiger partial charge in [0, 0.05) is 0 Å². The Hall–Kier alpha value is -0.160. The Morgan fingerprint density at radius 2 is 2.00 bits per heavy atom. The minimum Gasteiger partial charge on any atom is -0.394 e. The summed E-state index contributed by atoms with van der Waals surface area (Å²) in [7, 11) is 0. The van der Waals surface area contributed by atoms with Crippen LogP contribution >= 0.6 is 0 Å². The molecular weight excluding hydrogens is 160 g/mol. The van der Waals surface area contributed by atoms with Gasteiger partial charge in [-0.05, 0) is 13.3 Å². The van der Waals surface area contributed by atoms with Gasteiger partial charge in [0.1, 0.15) is 18.3 Å². The summed E-state index contributed by atoms with van der Waals surface area (Å²) in [4.78, 5) is 0. The molecule has 1 heterocycles. The van der Waals surface area contributed by atoms with Crippen LogP contribution in [0.1, 0.15) is 20.3 Å². The summed E-state index contributed by atoms with van der Waals surface area (Å²) in [5.74, 6) is 0. The molecule has 0 saturated carbocycles. The summed E-state index contributed by atoms with van der Waals surface area (Å²) in [6.45, 7) is 3.35. The molecule has 0 aromatic carbocycles. The SMILES string of the molecule is CC[C@@]1(C)O[C@H](CO)C(O)C1O. The fourth-order valence-corrected chi connectivity index (χ4v) is 1.49. The van der Waals surface area contributed by atoms with E-state index in [-0.39, 0.29) is 6.61 Å². The summed E-state index contributed by atoms with van der Waals surface area (Å²) in [5, 5.41) is 27.7. The molecule has 1 aliphatic rings. The Morgan fingerprint density at radius 3 is 2.25 bits per heavy atom. The largest absolute Gasteiger partial charge is 0.394 e. The number of aliphatic hydroxyl groups excluding tert-OH is 3. The van der Waals surface area contributed by atoms with Gasteiger partial charge in [0.05, 0.1) is 12.2 Å². The van der Waals surface area contributed by atoms with Gasteiger partial charge in [-0.3, -0.25) is 0 Å². The summed E-state index contributed by atoms with van der Waals surface area (Å²) in [6.07, 6.45) is -1.91. The van der Waals surface area contributed by atoms with Crippen molar-refractivity contribution in [3.63, 3.8) is 0 Å². The van der Waals surface area contributed by atoms with Gasteiger partial charge in [-0.2, -0.15) is 0 Å². The maximum absolute atomic E-state index is 9.53. The third-order valence-electron chi connectivity index (χ3n) is 2.63. The fourth-order valence-electron chi connectivity index (χ4n) is 1.49. The van der Waals surface area contributed by atoms with Gasteiger partial charge >= 0.3 is 0 Å². The fraction of sp³-hybridized carbons (Fsp3) is 1.00. The molecule has 72 valence electrons. The van der Waals surface area contributed by atoms with Gasteiger partial charge in [0.2, 0.25) is 0 Å². The van der Waals surface area contributed by atoms with E-state index >= 15 is 0 Å². The molecule has 0 bridgehead atoms. The molecule has 4 heteroatoms. The normalized spacial score (nSPS) is 48.2. The molecule has 4 atom stereocenters. The molecular formula is C8H16O4. The first-order valence-electron chi connectivity index (χ1n) is 4.20. The van der Waals surface area contributed by atoms with Crippen molar-refractivity contribution in [1.29, 1.82) is 0 Å². The number of hydrogen-bond acceptors (Lipinski definition) is 4. The lowest BCUT2D eigenvalue weighted by molar-refractivity contribution is -0.0825. The first-order chi connectivity index (χ1) is 5.55. The Bertz CT molecular complexity index is 161. The molecule has 3 N–H and O–H groups in total. The third kappa shape index (κ3) is 1.35. The smallest absolute Gasteiger partial charge is 0.111 e. The van der Waals surface area contributed by atoms with Gasteiger partial charge in [0.15, 0.2) is 0 Å². The van der Waals surface area contributed by atoms with Gasteiger partial charge in [-0.15, -0.1) is 0 Å². The Labute approximate surface area is 71.8 Å². The van der Waals surface area contributed by atoms with Crippen LogP contribution in [0.3, 0.4) is 0 Å². The summed E-state index contributed by atoms with van der Waals surface area (Å²) in [6, 6.07) is 0. The molecule has 2 unspecified atom stereocenters. The molecule has 4 nitrogen and oxygen atoms in total. The molecule has 12 heavy (non-hydrogen) atoms. The molecule has 0 radical (unpaired) electrons. The van der Waals surface area contributed by atoms with Crippen molar-refractivity contribution in [3.05, 3.63) is 0 Å². The van der Waals surface area contributed by atoms with Crippen LogP contribution in [0.5, 0.6) is 0 Å². The Morgan fingerprint density at radius 1 is 1.42 bits per heavy atom. The summed E-state index contributed by atoms with van der Waals surface area (Å²) < 4.78 is 5.32. The number of rotatable bonds is 2. The zero-order chi connectivity index (χ0) is 9.35. The van der Waals surface area contributed by atoms with E-state index in [1.165, 1.54) is 0 Å². The molecule has 0 aromatic heterocycles. The van der Waals surface area contributed by atoms with E-state index in [4.69, 9.17) is 9.84 Å². The second kappa shape index (κ2) is 3.30. The molecule has 0 aromatic rings. The van der Waals surface area contributed by atoms with Crippen LogP contribution in [-0.2, 0) is 4.74 Å². The highest BCUT2D eigenvalue weighted by molar-refractivity contribution is 4.98. The number of hydrogen-bond donors (Lipinski definition) is 3. The van der Waals surface area contributed by atoms with Crippen LogP contribution in [-0.4, -0.2) is 45.8 Å². The van der Waals surface area contributed by atoms with E-state index in [0.717, 1.165) is 0 Å². The van der Waals surface area contributed by atoms with Crippen molar-refractivity contribution in [3.8, 4) is 0 Å². The van der Waals surface area contributed by atoms with E-state index in [2.05, 4.69) is 0 Å². The average Bonchev–Trinajstić information content (AvgIpc) is 2.31. The van der Waals surface area contributed by atoms with E-state index in [1.54, 1.807) is 6.92 Å². The van der Waals surface area contributed by atoms with E-state index in [0.29, 0.717) is 6.42 Å². The maximum Gasteiger partial charge on any atom is 0.111 e. The van der Waals surface area contributed by atoms with Crippen LogP contribution in [0, 0.1) is 0 Å². The Balaban J connectivity index is 2.72. The molecule has 0 amide bonds. The van der Waals surface area contributed by atoms with E-state index < -0.39 is 23.9 Å². The summed E-state index contributed by atoms with van der Waals surface area (Å²) in [5.41, 5.74) is -0.715. The monoisotopic (exact) mass is 176 g/mol. The van der Waals surface area contributed by atoms with Crippen molar-refractivity contribution in [1.82, 2.24) is 0 Å². The quantitative estimate of drug-likeness (QED) is 0.518. The molecule has 1 fully saturated rings. The van der Waals surface area contributed by atoms with Crippen molar-refractivity contribution < 1.29 is 20.1 Å². The van der Waals surface area contributed by atoms with Crippen LogP contribution in [0.4, 0.5) is 0 Å². The minimum atomic E-state index is -0.972. The van der Waals surface area contributed by atoms with Crippen molar-refractivity contribution in [2.24, 2.45) is 0 Å². The Kier molecular flexibility index (Phi) is 2.73. The lowest BCUT2D eigenvalue weighted by atomic mass is 9.94. The molecule has 0 aliphatic carbocycles. The van der Waals surface area contributed by atoms with Crippen molar-refractivity contribution in [2.45, 2.75) is 44.2 Å².